The van der Waals surface area contributed by atoms with Crippen molar-refractivity contribution >= 4 is 11.8 Å². The van der Waals surface area contributed by atoms with E-state index < -0.39 is 28.0 Å². The van der Waals surface area contributed by atoms with Crippen molar-refractivity contribution in [2.75, 3.05) is 18.4 Å². The molecular weight excluding hydrogens is 306 g/mol. The molecule has 0 unspecified atom stereocenters. The number of hydrogen-bond donors (Lipinski definition) is 1. The Morgan fingerprint density at radius 1 is 1.26 bits per heavy atom. The lowest BCUT2D eigenvalue weighted by Gasteiger charge is -2.44. The fourth-order valence-corrected chi connectivity index (χ4v) is 2.48. The van der Waals surface area contributed by atoms with Gasteiger partial charge in [-0.05, 0) is 32.9 Å². The summed E-state index contributed by atoms with van der Waals surface area (Å²) in [5.74, 6) is -1.83. The van der Waals surface area contributed by atoms with E-state index >= 15 is 0 Å². The molecule has 2 rings (SSSR count). The third kappa shape index (κ3) is 4.62. The van der Waals surface area contributed by atoms with Gasteiger partial charge in [0, 0.05) is 30.6 Å². The van der Waals surface area contributed by atoms with Gasteiger partial charge >= 0.3 is 6.09 Å². The van der Waals surface area contributed by atoms with Crippen LogP contribution in [0, 0.1) is 16.8 Å². The minimum absolute atomic E-state index is 0.0671. The van der Waals surface area contributed by atoms with Crippen LogP contribution < -0.4 is 5.32 Å². The lowest BCUT2D eigenvalue weighted by atomic mass is 10.0. The van der Waals surface area contributed by atoms with Gasteiger partial charge in [0.25, 0.3) is 0 Å². The number of hydroxylamine groups is 3. The van der Waals surface area contributed by atoms with Crippen molar-refractivity contribution in [2.45, 2.75) is 45.3 Å². The van der Waals surface area contributed by atoms with Crippen molar-refractivity contribution in [1.29, 1.82) is 0 Å². The average Bonchev–Trinajstić information content (AvgIpc) is 2.44. The Hall–Kier alpha value is -1.73. The second-order valence-electron chi connectivity index (χ2n) is 6.86. The fourth-order valence-electron chi connectivity index (χ4n) is 2.48. The number of carbonyl (C=O) groups is 1. The topological polar surface area (TPSA) is 61.4 Å². The van der Waals surface area contributed by atoms with Gasteiger partial charge in [0.05, 0.1) is 13.1 Å². The number of carbonyl (C=O) groups excluding carboxylic acids is 1. The number of anilines is 1. The summed E-state index contributed by atoms with van der Waals surface area (Å²) in [4.78, 5) is 12.0. The number of piperidine rings is 1. The zero-order valence-electron chi connectivity index (χ0n) is 13.6. The number of halogens is 2. The Balaban J connectivity index is 1.92. The summed E-state index contributed by atoms with van der Waals surface area (Å²) in [5, 5.41) is 15.6. The molecule has 1 amide bonds. The molecule has 23 heavy (non-hydrogen) atoms. The molecule has 0 spiro atoms. The van der Waals surface area contributed by atoms with Gasteiger partial charge in [-0.15, -0.1) is 0 Å². The number of likely N-dealkylation sites (tertiary alicyclic amines) is 1. The average molecular weight is 328 g/mol. The summed E-state index contributed by atoms with van der Waals surface area (Å²) in [6.45, 7) is 5.34. The molecule has 0 aromatic heterocycles. The zero-order valence-corrected chi connectivity index (χ0v) is 13.6. The maximum atomic E-state index is 13.2. The molecule has 0 radical (unpaired) electrons. The number of nitrogens with one attached hydrogen (secondary N) is 1. The number of benzene rings is 1. The Bertz CT molecular complexity index is 579. The van der Waals surface area contributed by atoms with Gasteiger partial charge in [-0.3, -0.25) is 4.65 Å². The largest absolute Gasteiger partial charge is 0.622 e. The first-order valence-electron chi connectivity index (χ1n) is 7.62. The molecule has 1 aliphatic rings. The predicted octanol–water partition coefficient (Wildman–Crippen LogP) is 3.79. The van der Waals surface area contributed by atoms with Crippen LogP contribution in [0.15, 0.2) is 18.2 Å². The molecule has 128 valence electrons. The van der Waals surface area contributed by atoms with Crippen molar-refractivity contribution in [1.82, 2.24) is 0 Å². The normalized spacial score (nSPS) is 25.0. The Morgan fingerprint density at radius 3 is 2.39 bits per heavy atom. The lowest BCUT2D eigenvalue weighted by Crippen LogP contribution is -2.55. The molecule has 1 N–H and O–H groups in total. The zero-order chi connectivity index (χ0) is 17.3. The Morgan fingerprint density at radius 2 is 1.87 bits per heavy atom. The highest BCUT2D eigenvalue weighted by molar-refractivity contribution is 5.60. The standard InChI is InChI=1S/C16H22F2N2O3/c1-16(2,3)23-15(21)20(22)8-6-11(7-9-20)19-12-4-5-13(17)14(18)10-12/h4-5,10-11,19H,6-9H2,1-3H3. The molecule has 0 atom stereocenters. The molecule has 5 nitrogen and oxygen atoms in total. The molecule has 1 heterocycles. The summed E-state index contributed by atoms with van der Waals surface area (Å²) in [7, 11) is 0. The van der Waals surface area contributed by atoms with Gasteiger partial charge in [0.1, 0.15) is 5.60 Å². The van der Waals surface area contributed by atoms with Gasteiger partial charge in [-0.25, -0.2) is 8.78 Å². The van der Waals surface area contributed by atoms with Gasteiger partial charge < -0.3 is 15.3 Å². The van der Waals surface area contributed by atoms with E-state index in [2.05, 4.69) is 5.32 Å². The number of hydrogen-bond acceptors (Lipinski definition) is 4. The van der Waals surface area contributed by atoms with Crippen molar-refractivity contribution < 1.29 is 23.0 Å². The first kappa shape index (κ1) is 17.6. The van der Waals surface area contributed by atoms with E-state index in [9.17, 15) is 18.8 Å². The summed E-state index contributed by atoms with van der Waals surface area (Å²) in [6.07, 6.45) is 0.118. The van der Waals surface area contributed by atoms with Crippen LogP contribution >= 0.6 is 0 Å². The van der Waals surface area contributed by atoms with Gasteiger partial charge in [-0.2, -0.15) is 4.79 Å². The van der Waals surface area contributed by atoms with Crippen LogP contribution in [-0.2, 0) is 4.74 Å². The Kier molecular flexibility index (Phi) is 4.91. The minimum Gasteiger partial charge on any atom is -0.622 e. The first-order chi connectivity index (χ1) is 10.6. The van der Waals surface area contributed by atoms with E-state index in [0.717, 1.165) is 12.1 Å². The summed E-state index contributed by atoms with van der Waals surface area (Å²) < 4.78 is 30.3. The van der Waals surface area contributed by atoms with Crippen LogP contribution in [0.4, 0.5) is 19.3 Å². The summed E-state index contributed by atoms with van der Waals surface area (Å²) >= 11 is 0. The Labute approximate surface area is 134 Å². The number of rotatable bonds is 2. The second kappa shape index (κ2) is 6.41. The molecule has 1 aliphatic heterocycles. The van der Waals surface area contributed by atoms with Crippen molar-refractivity contribution in [3.63, 3.8) is 0 Å². The highest BCUT2D eigenvalue weighted by Crippen LogP contribution is 2.25. The highest BCUT2D eigenvalue weighted by Gasteiger charge is 2.37. The van der Waals surface area contributed by atoms with Crippen LogP contribution in [0.1, 0.15) is 33.6 Å². The molecule has 1 aromatic rings. The van der Waals surface area contributed by atoms with E-state index in [1.807, 2.05) is 0 Å². The van der Waals surface area contributed by atoms with Crippen molar-refractivity contribution in [3.05, 3.63) is 35.0 Å². The third-order valence-electron chi connectivity index (χ3n) is 3.69. The summed E-state index contributed by atoms with van der Waals surface area (Å²) in [5.41, 5.74) is -0.245. The van der Waals surface area contributed by atoms with E-state index in [0.29, 0.717) is 18.5 Å². The smallest absolute Gasteiger partial charge is 0.516 e. The van der Waals surface area contributed by atoms with E-state index in [-0.39, 0.29) is 19.1 Å². The number of amides is 1. The van der Waals surface area contributed by atoms with Crippen LogP contribution in [0.2, 0.25) is 0 Å². The van der Waals surface area contributed by atoms with Crippen molar-refractivity contribution in [2.24, 2.45) is 0 Å². The van der Waals surface area contributed by atoms with Crippen LogP contribution in [0.3, 0.4) is 0 Å². The van der Waals surface area contributed by atoms with Crippen molar-refractivity contribution in [3.8, 4) is 0 Å². The van der Waals surface area contributed by atoms with E-state index in [1.54, 1.807) is 20.8 Å². The van der Waals surface area contributed by atoms with Gasteiger partial charge in [-0.1, -0.05) is 0 Å². The molecule has 0 bridgehead atoms. The summed E-state index contributed by atoms with van der Waals surface area (Å²) in [6, 6.07) is 3.51. The monoisotopic (exact) mass is 328 g/mol. The van der Waals surface area contributed by atoms with Gasteiger partial charge in [0.15, 0.2) is 11.6 Å². The molecule has 7 heteroatoms. The van der Waals surface area contributed by atoms with E-state index in [1.165, 1.54) is 6.07 Å². The molecule has 1 aromatic carbocycles. The maximum absolute atomic E-state index is 13.2. The third-order valence-corrected chi connectivity index (χ3v) is 3.69. The maximum Gasteiger partial charge on any atom is 0.516 e. The van der Waals surface area contributed by atoms with Crippen LogP contribution in [-0.4, -0.2) is 35.5 Å². The minimum atomic E-state index is -1.01. The molecule has 1 fully saturated rings. The first-order valence-corrected chi connectivity index (χ1v) is 7.62. The van der Waals surface area contributed by atoms with Crippen LogP contribution in [0.25, 0.3) is 0 Å². The molecule has 0 saturated carbocycles. The molecular formula is C16H22F2N2O3. The number of quaternary nitrogens is 1. The number of ether oxygens (including phenoxy) is 1. The van der Waals surface area contributed by atoms with Crippen LogP contribution in [0.5, 0.6) is 0 Å². The highest BCUT2D eigenvalue weighted by atomic mass is 19.2. The van der Waals surface area contributed by atoms with E-state index in [4.69, 9.17) is 4.74 Å². The predicted molar refractivity (Wildman–Crippen MR) is 82.6 cm³/mol. The SMILES string of the molecule is CC(C)(C)OC(=O)[N+]1([O-])CCC(Nc2ccc(F)c(F)c2)CC1. The van der Waals surface area contributed by atoms with Gasteiger partial charge in [0.2, 0.25) is 0 Å². The molecule has 0 aliphatic carbocycles. The molecule has 1 saturated heterocycles. The quantitative estimate of drug-likeness (QED) is 0.663. The second-order valence-corrected chi connectivity index (χ2v) is 6.86. The lowest BCUT2D eigenvalue weighted by molar-refractivity contribution is -0.814. The fraction of sp³-hybridized carbons (Fsp3) is 0.562. The number of nitrogens with zero attached hydrogens (tertiary/aromatic N) is 1.